The van der Waals surface area contributed by atoms with Crippen molar-refractivity contribution in [3.63, 3.8) is 0 Å². The largest absolute Gasteiger partial charge is 0.737 e. The minimum Gasteiger partial charge on any atom is -0.394 e. The summed E-state index contributed by atoms with van der Waals surface area (Å²) in [5.41, 5.74) is 12.6. The minimum absolute atomic E-state index is 0.171. The standard InChI is InChI=1S/C34H40B2F4N4/c1-9-21-17(5)41-27(23(21)11-3)15-29-33-26-14-13-25(31(33)19(7)43(29)35(41,37)38)32-20(8)44-30(34(26)32)16-28-24(12-4)22(10-2)18(6)42(28)36(44,39)40/h15-16,25-26H,9-14H2,1-8H3. The van der Waals surface area contributed by atoms with Crippen molar-refractivity contribution in [3.8, 4) is 0 Å². The number of nitrogens with zero attached hydrogens (tertiary/aromatic N) is 4. The fraction of sp³-hybridized carbons (Fsp3) is 0.471. The third-order valence-electron chi connectivity index (χ3n) is 12.0. The number of fused-ring (bicyclic) bond motifs is 5. The normalized spacial score (nSPS) is 25.3. The minimum atomic E-state index is -4.11. The molecule has 2 aromatic rings. The van der Waals surface area contributed by atoms with Gasteiger partial charge in [-0.25, -0.2) is 0 Å². The van der Waals surface area contributed by atoms with Crippen molar-refractivity contribution in [2.24, 2.45) is 11.8 Å². The third kappa shape index (κ3) is 2.90. The molecule has 2 aromatic heterocycles. The SMILES string of the molecule is CCc1c(CC)c2n(c1C)[B-](F)(F)[N+]1=C(C)C3=C(C1=C2)C1CCC3C2=C1C1=Cc3c(CC)c(CC)c(C)n3[B-](F)(F)[N+]1=C2C. The maximum Gasteiger partial charge on any atom is 0.737 e. The number of halogens is 4. The van der Waals surface area contributed by atoms with E-state index in [2.05, 4.69) is 0 Å². The zero-order chi connectivity index (χ0) is 31.4. The highest BCUT2D eigenvalue weighted by atomic mass is 19.3. The Morgan fingerprint density at radius 2 is 0.932 bits per heavy atom. The van der Waals surface area contributed by atoms with Crippen LogP contribution in [-0.2, 0) is 25.7 Å². The first-order valence-corrected chi connectivity index (χ1v) is 16.6. The monoisotopic (exact) mass is 602 g/mol. The van der Waals surface area contributed by atoms with Crippen molar-refractivity contribution in [3.05, 3.63) is 78.7 Å². The van der Waals surface area contributed by atoms with Crippen LogP contribution in [0.3, 0.4) is 0 Å². The zero-order valence-electron chi connectivity index (χ0n) is 27.0. The highest BCUT2D eigenvalue weighted by molar-refractivity contribution is 6.59. The molecule has 0 saturated carbocycles. The molecular weight excluding hydrogens is 562 g/mol. The summed E-state index contributed by atoms with van der Waals surface area (Å²) in [6, 6.07) is 0. The van der Waals surface area contributed by atoms with Gasteiger partial charge in [-0.2, -0.15) is 0 Å². The molecule has 2 bridgehead atoms. The highest BCUT2D eigenvalue weighted by Gasteiger charge is 2.64. The Kier molecular flexibility index (Phi) is 5.58. The molecule has 7 aliphatic rings. The summed E-state index contributed by atoms with van der Waals surface area (Å²) >= 11 is 0. The lowest BCUT2D eigenvalue weighted by Crippen LogP contribution is -2.51. The second-order valence-electron chi connectivity index (χ2n) is 13.5. The molecule has 44 heavy (non-hydrogen) atoms. The van der Waals surface area contributed by atoms with Gasteiger partial charge in [0, 0.05) is 71.5 Å². The van der Waals surface area contributed by atoms with Crippen LogP contribution in [0.1, 0.15) is 99.4 Å². The van der Waals surface area contributed by atoms with E-state index < -0.39 is 13.9 Å². The summed E-state index contributed by atoms with van der Waals surface area (Å²) in [4.78, 5) is 0. The van der Waals surface area contributed by atoms with Crippen LogP contribution in [-0.4, -0.2) is 43.3 Å². The Hall–Kier alpha value is -3.29. The summed E-state index contributed by atoms with van der Waals surface area (Å²) in [7, 11) is 0. The van der Waals surface area contributed by atoms with E-state index in [1.54, 1.807) is 0 Å². The Labute approximate surface area is 256 Å². The molecule has 3 aliphatic carbocycles. The molecule has 0 amide bonds. The molecule has 0 spiro atoms. The Bertz CT molecular complexity index is 1820. The molecule has 9 rings (SSSR count). The van der Waals surface area contributed by atoms with E-state index in [0.717, 1.165) is 57.4 Å². The van der Waals surface area contributed by atoms with Gasteiger partial charge in [-0.1, -0.05) is 27.7 Å². The lowest BCUT2D eigenvalue weighted by atomic mass is 9.62. The molecule has 0 radical (unpaired) electrons. The topological polar surface area (TPSA) is 15.9 Å². The second kappa shape index (κ2) is 8.70. The summed E-state index contributed by atoms with van der Waals surface area (Å²) in [6.07, 6.45) is 8.32. The van der Waals surface area contributed by atoms with Gasteiger partial charge in [0.25, 0.3) is 0 Å². The van der Waals surface area contributed by atoms with Gasteiger partial charge in [0.05, 0.1) is 0 Å². The van der Waals surface area contributed by atoms with E-state index in [0.29, 0.717) is 71.3 Å². The highest BCUT2D eigenvalue weighted by Crippen LogP contribution is 2.60. The fourth-order valence-electron chi connectivity index (χ4n) is 10.5. The molecule has 230 valence electrons. The molecule has 6 heterocycles. The first kappa shape index (κ1) is 28.2. The second-order valence-corrected chi connectivity index (χ2v) is 13.5. The molecule has 4 nitrogen and oxygen atoms in total. The van der Waals surface area contributed by atoms with Crippen LogP contribution in [0.2, 0.25) is 0 Å². The smallest absolute Gasteiger partial charge is 0.394 e. The molecule has 0 unspecified atom stereocenters. The van der Waals surface area contributed by atoms with Gasteiger partial charge in [-0.15, -0.1) is 0 Å². The predicted molar refractivity (Wildman–Crippen MR) is 171 cm³/mol. The Morgan fingerprint density at radius 1 is 0.591 bits per heavy atom. The van der Waals surface area contributed by atoms with Crippen molar-refractivity contribution in [1.82, 2.24) is 8.96 Å². The molecule has 4 aliphatic heterocycles. The zero-order valence-corrected chi connectivity index (χ0v) is 27.0. The quantitative estimate of drug-likeness (QED) is 0.253. The maximum absolute atomic E-state index is 16.8. The summed E-state index contributed by atoms with van der Waals surface area (Å²) in [5.74, 6) is -0.368. The van der Waals surface area contributed by atoms with E-state index in [-0.39, 0.29) is 11.8 Å². The van der Waals surface area contributed by atoms with Gasteiger partial charge in [0.15, 0.2) is 11.4 Å². The van der Waals surface area contributed by atoms with Crippen molar-refractivity contribution in [2.75, 3.05) is 0 Å². The molecule has 0 atom stereocenters. The number of aromatic nitrogens is 2. The third-order valence-corrected chi connectivity index (χ3v) is 12.0. The van der Waals surface area contributed by atoms with Crippen molar-refractivity contribution >= 4 is 37.5 Å². The van der Waals surface area contributed by atoms with E-state index in [1.807, 2.05) is 67.5 Å². The fourth-order valence-corrected chi connectivity index (χ4v) is 10.5. The van der Waals surface area contributed by atoms with E-state index >= 15 is 17.3 Å². The van der Waals surface area contributed by atoms with Crippen LogP contribution in [0, 0.1) is 25.7 Å². The van der Waals surface area contributed by atoms with Crippen molar-refractivity contribution in [1.29, 1.82) is 0 Å². The Balaban J connectivity index is 1.36. The van der Waals surface area contributed by atoms with Crippen LogP contribution < -0.4 is 0 Å². The predicted octanol–water partition coefficient (Wildman–Crippen LogP) is 7.62. The van der Waals surface area contributed by atoms with Crippen LogP contribution in [0.5, 0.6) is 0 Å². The Morgan fingerprint density at radius 3 is 1.27 bits per heavy atom. The lowest BCUT2D eigenvalue weighted by Gasteiger charge is -2.38. The average molecular weight is 602 g/mol. The summed E-state index contributed by atoms with van der Waals surface area (Å²) in [5, 5.41) is 0. The van der Waals surface area contributed by atoms with Gasteiger partial charge in [-0.05, 0) is 86.0 Å². The van der Waals surface area contributed by atoms with Gasteiger partial charge in [0.1, 0.15) is 11.4 Å². The molecule has 0 N–H and O–H groups in total. The number of rotatable bonds is 4. The van der Waals surface area contributed by atoms with Crippen LogP contribution in [0.25, 0.3) is 12.2 Å². The number of hydrogen-bond donors (Lipinski definition) is 0. The van der Waals surface area contributed by atoms with Gasteiger partial charge in [-0.3, -0.25) is 0 Å². The van der Waals surface area contributed by atoms with Crippen LogP contribution in [0.15, 0.2) is 33.7 Å². The summed E-state index contributed by atoms with van der Waals surface area (Å²) < 4.78 is 72.5. The van der Waals surface area contributed by atoms with E-state index in [1.165, 1.54) is 17.9 Å². The summed E-state index contributed by atoms with van der Waals surface area (Å²) in [6.45, 7) is 7.20. The van der Waals surface area contributed by atoms with Gasteiger partial charge < -0.3 is 35.2 Å². The van der Waals surface area contributed by atoms with Crippen LogP contribution >= 0.6 is 0 Å². The molecule has 0 fully saturated rings. The number of allylic oxidation sites excluding steroid dienone is 4. The first-order valence-electron chi connectivity index (χ1n) is 16.6. The molecular formula is C34H40B2F4N4. The van der Waals surface area contributed by atoms with E-state index in [4.69, 9.17) is 0 Å². The number of hydrogen-bond acceptors (Lipinski definition) is 0. The van der Waals surface area contributed by atoms with Crippen molar-refractivity contribution in [2.45, 2.75) is 93.9 Å². The average Bonchev–Trinajstić information content (AvgIpc) is 3.66. The first-order chi connectivity index (χ1) is 20.9. The van der Waals surface area contributed by atoms with Crippen molar-refractivity contribution < 1.29 is 26.2 Å². The molecule has 10 heteroatoms. The molecule has 0 aromatic carbocycles. The maximum atomic E-state index is 16.8. The van der Waals surface area contributed by atoms with Crippen LogP contribution in [0.4, 0.5) is 17.3 Å². The lowest BCUT2D eigenvalue weighted by molar-refractivity contribution is -0.365. The van der Waals surface area contributed by atoms with Gasteiger partial charge >= 0.3 is 13.9 Å². The molecule has 0 saturated heterocycles. The van der Waals surface area contributed by atoms with E-state index in [9.17, 15) is 0 Å². The van der Waals surface area contributed by atoms with Gasteiger partial charge in [0.2, 0.25) is 0 Å².